The molecule has 1 N–H and O–H groups in total. The van der Waals surface area contributed by atoms with Crippen molar-refractivity contribution in [3.63, 3.8) is 0 Å². The average Bonchev–Trinajstić information content (AvgIpc) is 2.65. The summed E-state index contributed by atoms with van der Waals surface area (Å²) in [4.78, 5) is 12.0. The third-order valence-electron chi connectivity index (χ3n) is 5.33. The third kappa shape index (κ3) is 3.24. The molecule has 0 aromatic heterocycles. The van der Waals surface area contributed by atoms with E-state index in [1.165, 1.54) is 5.56 Å². The number of carboxylic acids is 1. The van der Waals surface area contributed by atoms with E-state index in [9.17, 15) is 9.90 Å². The van der Waals surface area contributed by atoms with Crippen molar-refractivity contribution in [1.29, 1.82) is 0 Å². The van der Waals surface area contributed by atoms with Crippen molar-refractivity contribution in [2.24, 2.45) is 0 Å². The molecule has 0 fully saturated rings. The molecule has 4 heteroatoms. The Kier molecular flexibility index (Phi) is 5.32. The van der Waals surface area contributed by atoms with Gasteiger partial charge < -0.3 is 5.11 Å². The highest BCUT2D eigenvalue weighted by atomic mass is 35.5. The van der Waals surface area contributed by atoms with Crippen LogP contribution in [-0.4, -0.2) is 11.1 Å². The second-order valence-corrected chi connectivity index (χ2v) is 7.49. The molecule has 0 aliphatic heterocycles. The van der Waals surface area contributed by atoms with Gasteiger partial charge in [0.2, 0.25) is 0 Å². The molecule has 2 nitrogen and oxygen atoms in total. The summed E-state index contributed by atoms with van der Waals surface area (Å²) < 4.78 is 0. The summed E-state index contributed by atoms with van der Waals surface area (Å²) in [6, 6.07) is 13.4. The van der Waals surface area contributed by atoms with Gasteiger partial charge in [-0.25, -0.2) is 4.79 Å². The molecule has 0 heterocycles. The number of benzene rings is 3. The molecule has 0 radical (unpaired) electrons. The van der Waals surface area contributed by atoms with Crippen LogP contribution < -0.4 is 0 Å². The molecule has 0 atom stereocenters. The lowest BCUT2D eigenvalue weighted by molar-refractivity contribution is 0.0698. The van der Waals surface area contributed by atoms with Gasteiger partial charge in [0.05, 0.1) is 15.6 Å². The summed E-state index contributed by atoms with van der Waals surface area (Å²) in [5.41, 5.74) is 8.08. The van der Waals surface area contributed by atoms with Gasteiger partial charge in [-0.2, -0.15) is 0 Å². The van der Waals surface area contributed by atoms with Gasteiger partial charge in [0.1, 0.15) is 0 Å². The first-order valence-electron chi connectivity index (χ1n) is 8.63. The van der Waals surface area contributed by atoms with Crippen molar-refractivity contribution in [3.8, 4) is 22.3 Å². The number of hydrogen-bond acceptors (Lipinski definition) is 1. The molecule has 3 aromatic carbocycles. The van der Waals surface area contributed by atoms with Gasteiger partial charge in [0.25, 0.3) is 0 Å². The fraction of sp³-hybridized carbons (Fsp3) is 0.174. The van der Waals surface area contributed by atoms with Crippen LogP contribution in [0.2, 0.25) is 10.0 Å². The van der Waals surface area contributed by atoms with Crippen molar-refractivity contribution in [2.45, 2.75) is 27.7 Å². The minimum atomic E-state index is -1.09. The fourth-order valence-corrected chi connectivity index (χ4v) is 3.99. The summed E-state index contributed by atoms with van der Waals surface area (Å²) in [5, 5.41) is 10.1. The Morgan fingerprint density at radius 2 is 1.33 bits per heavy atom. The van der Waals surface area contributed by atoms with E-state index in [1.807, 2.05) is 37.3 Å². The van der Waals surface area contributed by atoms with Crippen molar-refractivity contribution >= 4 is 29.2 Å². The van der Waals surface area contributed by atoms with E-state index in [0.29, 0.717) is 5.56 Å². The SMILES string of the molecule is Cc1c(C)c(C)c(-c2ccc(Cl)c(Cl)c2C(=O)O)c(-c2ccccc2)c1C. The fourth-order valence-electron chi connectivity index (χ4n) is 3.58. The average molecular weight is 399 g/mol. The van der Waals surface area contributed by atoms with Gasteiger partial charge in [0.15, 0.2) is 0 Å². The summed E-state index contributed by atoms with van der Waals surface area (Å²) in [5.74, 6) is -1.09. The van der Waals surface area contributed by atoms with Crippen LogP contribution in [-0.2, 0) is 0 Å². The first-order chi connectivity index (χ1) is 12.8. The maximum absolute atomic E-state index is 12.0. The molecule has 3 rings (SSSR count). The Labute approximate surface area is 169 Å². The second-order valence-electron chi connectivity index (χ2n) is 6.71. The molecule has 0 aliphatic rings. The first kappa shape index (κ1) is 19.5. The van der Waals surface area contributed by atoms with Gasteiger partial charge in [-0.15, -0.1) is 0 Å². The van der Waals surface area contributed by atoms with Crippen LogP contribution in [0.4, 0.5) is 0 Å². The maximum Gasteiger partial charge on any atom is 0.337 e. The number of rotatable bonds is 3. The van der Waals surface area contributed by atoms with Gasteiger partial charge in [-0.05, 0) is 78.3 Å². The van der Waals surface area contributed by atoms with E-state index in [4.69, 9.17) is 23.2 Å². The van der Waals surface area contributed by atoms with Gasteiger partial charge in [-0.1, -0.05) is 59.6 Å². The third-order valence-corrected chi connectivity index (χ3v) is 6.13. The zero-order valence-corrected chi connectivity index (χ0v) is 17.2. The number of carbonyl (C=O) groups is 1. The maximum atomic E-state index is 12.0. The highest BCUT2D eigenvalue weighted by molar-refractivity contribution is 6.44. The Morgan fingerprint density at radius 1 is 0.778 bits per heavy atom. The van der Waals surface area contributed by atoms with Gasteiger partial charge >= 0.3 is 5.97 Å². The zero-order chi connectivity index (χ0) is 19.9. The van der Waals surface area contributed by atoms with Crippen LogP contribution >= 0.6 is 23.2 Å². The molecule has 3 aromatic rings. The second kappa shape index (κ2) is 7.38. The van der Waals surface area contributed by atoms with E-state index in [-0.39, 0.29) is 15.6 Å². The molecule has 0 aliphatic carbocycles. The standard InChI is InChI=1S/C23H20Cl2O2/c1-12-13(2)15(4)20(19(14(12)3)16-8-6-5-7-9-16)17-10-11-18(24)22(25)21(17)23(26)27/h5-11H,1-4H3,(H,26,27). The molecular formula is C23H20Cl2O2. The lowest BCUT2D eigenvalue weighted by atomic mass is 9.81. The number of halogens is 2. The van der Waals surface area contributed by atoms with Crippen molar-refractivity contribution in [1.82, 2.24) is 0 Å². The predicted octanol–water partition coefficient (Wildman–Crippen LogP) is 7.26. The van der Waals surface area contributed by atoms with Crippen LogP contribution in [0, 0.1) is 27.7 Å². The van der Waals surface area contributed by atoms with Crippen molar-refractivity contribution in [2.75, 3.05) is 0 Å². The minimum Gasteiger partial charge on any atom is -0.478 e. The Bertz CT molecular complexity index is 1050. The molecule has 0 unspecified atom stereocenters. The van der Waals surface area contributed by atoms with Gasteiger partial charge in [0, 0.05) is 0 Å². The molecule has 27 heavy (non-hydrogen) atoms. The lowest BCUT2D eigenvalue weighted by Crippen LogP contribution is -2.06. The molecule has 0 spiro atoms. The number of aromatic carboxylic acids is 1. The van der Waals surface area contributed by atoms with E-state index in [1.54, 1.807) is 12.1 Å². The summed E-state index contributed by atoms with van der Waals surface area (Å²) in [6.07, 6.45) is 0. The van der Waals surface area contributed by atoms with Crippen LogP contribution in [0.25, 0.3) is 22.3 Å². The minimum absolute atomic E-state index is 0.0344. The first-order valence-corrected chi connectivity index (χ1v) is 9.38. The summed E-state index contributed by atoms with van der Waals surface area (Å²) in [6.45, 7) is 8.26. The van der Waals surface area contributed by atoms with Crippen molar-refractivity contribution < 1.29 is 9.90 Å². The molecule has 0 saturated carbocycles. The zero-order valence-electron chi connectivity index (χ0n) is 15.7. The predicted molar refractivity (Wildman–Crippen MR) is 113 cm³/mol. The number of hydrogen-bond donors (Lipinski definition) is 1. The van der Waals surface area contributed by atoms with Crippen LogP contribution in [0.15, 0.2) is 42.5 Å². The van der Waals surface area contributed by atoms with E-state index in [2.05, 4.69) is 20.8 Å². The Morgan fingerprint density at radius 3 is 1.89 bits per heavy atom. The lowest BCUT2D eigenvalue weighted by Gasteiger charge is -2.23. The number of carboxylic acid groups (broad SMARTS) is 1. The van der Waals surface area contributed by atoms with E-state index >= 15 is 0 Å². The molecule has 0 amide bonds. The monoisotopic (exact) mass is 398 g/mol. The smallest absolute Gasteiger partial charge is 0.337 e. The van der Waals surface area contributed by atoms with E-state index < -0.39 is 5.97 Å². The van der Waals surface area contributed by atoms with Crippen LogP contribution in [0.5, 0.6) is 0 Å². The highest BCUT2D eigenvalue weighted by Gasteiger charge is 2.24. The Balaban J connectivity index is 2.52. The molecule has 0 bridgehead atoms. The molecular weight excluding hydrogens is 379 g/mol. The molecule has 0 saturated heterocycles. The topological polar surface area (TPSA) is 37.3 Å². The van der Waals surface area contributed by atoms with Crippen LogP contribution in [0.1, 0.15) is 32.6 Å². The van der Waals surface area contributed by atoms with Crippen LogP contribution in [0.3, 0.4) is 0 Å². The van der Waals surface area contributed by atoms with Crippen molar-refractivity contribution in [3.05, 3.63) is 80.3 Å². The van der Waals surface area contributed by atoms with Gasteiger partial charge in [-0.3, -0.25) is 0 Å². The van der Waals surface area contributed by atoms with E-state index in [0.717, 1.165) is 33.4 Å². The molecule has 138 valence electrons. The quantitative estimate of drug-likeness (QED) is 0.503. The Hall–Kier alpha value is -2.29. The normalized spacial score (nSPS) is 10.9. The summed E-state index contributed by atoms with van der Waals surface area (Å²) in [7, 11) is 0. The largest absolute Gasteiger partial charge is 0.478 e. The highest BCUT2D eigenvalue weighted by Crippen LogP contribution is 2.44. The summed E-state index contributed by atoms with van der Waals surface area (Å²) >= 11 is 12.4.